The van der Waals surface area contributed by atoms with Gasteiger partial charge in [0.1, 0.15) is 23.5 Å². The molecule has 11 nitrogen and oxygen atoms in total. The molecule has 0 saturated heterocycles. The monoisotopic (exact) mass is 492 g/mol. The number of urea groups is 1. The molecule has 0 aliphatic heterocycles. The molecule has 3 rings (SSSR count). The molecule has 8 N–H and O–H groups in total. The number of aliphatic hydroxyl groups excluding tert-OH is 2. The minimum atomic E-state index is -2.13. The molecule has 2 aliphatic rings. The highest BCUT2D eigenvalue weighted by molar-refractivity contribution is 5.91. The predicted molar refractivity (Wildman–Crippen MR) is 126 cm³/mol. The number of carbonyl (C=O) groups is 3. The maximum absolute atomic E-state index is 13.0. The second kappa shape index (κ2) is 11.7. The van der Waals surface area contributed by atoms with Crippen LogP contribution in [-0.4, -0.2) is 76.2 Å². The molecular weight excluding hydrogens is 456 g/mol. The average Bonchev–Trinajstić information content (AvgIpc) is 2.82. The van der Waals surface area contributed by atoms with Gasteiger partial charge in [-0.15, -0.1) is 0 Å². The van der Waals surface area contributed by atoms with Crippen LogP contribution in [0.4, 0.5) is 4.79 Å². The summed E-state index contributed by atoms with van der Waals surface area (Å²) in [5.74, 6) is -1.08. The van der Waals surface area contributed by atoms with Gasteiger partial charge in [0.2, 0.25) is 5.91 Å². The van der Waals surface area contributed by atoms with Crippen molar-refractivity contribution in [1.82, 2.24) is 16.0 Å². The molecule has 2 aliphatic carbocycles. The van der Waals surface area contributed by atoms with E-state index in [4.69, 9.17) is 10.5 Å². The Labute approximate surface area is 204 Å². The third kappa shape index (κ3) is 7.06. The summed E-state index contributed by atoms with van der Waals surface area (Å²) < 4.78 is 5.10. The number of ether oxygens (including phenoxy) is 1. The van der Waals surface area contributed by atoms with E-state index in [9.17, 15) is 29.7 Å². The molecule has 1 aromatic carbocycles. The van der Waals surface area contributed by atoms with Gasteiger partial charge in [-0.2, -0.15) is 0 Å². The molecule has 2 fully saturated rings. The van der Waals surface area contributed by atoms with Gasteiger partial charge in [0.25, 0.3) is 5.91 Å². The Morgan fingerprint density at radius 3 is 2.34 bits per heavy atom. The van der Waals surface area contributed by atoms with E-state index in [2.05, 4.69) is 16.0 Å². The van der Waals surface area contributed by atoms with E-state index in [-0.39, 0.29) is 18.9 Å². The van der Waals surface area contributed by atoms with E-state index >= 15 is 0 Å². The van der Waals surface area contributed by atoms with Crippen LogP contribution in [0.25, 0.3) is 0 Å². The second-order valence-electron chi connectivity index (χ2n) is 9.54. The highest BCUT2D eigenvalue weighted by Crippen LogP contribution is 2.30. The van der Waals surface area contributed by atoms with Crippen molar-refractivity contribution in [2.75, 3.05) is 7.11 Å². The lowest BCUT2D eigenvalue weighted by Crippen LogP contribution is -2.65. The lowest BCUT2D eigenvalue weighted by atomic mass is 9.77. The maximum Gasteiger partial charge on any atom is 0.315 e. The quantitative estimate of drug-likeness (QED) is 0.254. The first kappa shape index (κ1) is 26.7. The van der Waals surface area contributed by atoms with Gasteiger partial charge in [0.05, 0.1) is 19.3 Å². The minimum Gasteiger partial charge on any atom is -0.497 e. The van der Waals surface area contributed by atoms with Gasteiger partial charge in [0, 0.05) is 25.3 Å². The Bertz CT molecular complexity index is 890. The average molecular weight is 493 g/mol. The van der Waals surface area contributed by atoms with Crippen LogP contribution in [0.5, 0.6) is 5.75 Å². The molecule has 2 saturated carbocycles. The molecule has 5 atom stereocenters. The predicted octanol–water partition coefficient (Wildman–Crippen LogP) is -0.545. The molecule has 4 amide bonds. The standard InChI is InChI=1S/C24H36N4O7/c1-35-16-9-7-14(8-10-16)11-17(21(25)31)27-22(32)24(34)12-18(20(30)19(29)13-24)28-23(33)26-15-5-3-2-4-6-15/h7-10,15,17-20,29-30,34H,2-6,11-13H2,1H3,(H2,25,31)(H,27,32)(H2,26,28,33). The van der Waals surface area contributed by atoms with Crippen molar-refractivity contribution in [1.29, 1.82) is 0 Å². The summed E-state index contributed by atoms with van der Waals surface area (Å²) in [6, 6.07) is 4.14. The van der Waals surface area contributed by atoms with E-state index in [0.29, 0.717) is 11.3 Å². The van der Waals surface area contributed by atoms with Crippen LogP contribution >= 0.6 is 0 Å². The van der Waals surface area contributed by atoms with Gasteiger partial charge >= 0.3 is 6.03 Å². The van der Waals surface area contributed by atoms with Crippen LogP contribution in [0.2, 0.25) is 0 Å². The summed E-state index contributed by atoms with van der Waals surface area (Å²) >= 11 is 0. The summed E-state index contributed by atoms with van der Waals surface area (Å²) in [7, 11) is 1.53. The number of amides is 4. The fourth-order valence-electron chi connectivity index (χ4n) is 4.78. The van der Waals surface area contributed by atoms with Crippen LogP contribution < -0.4 is 26.4 Å². The van der Waals surface area contributed by atoms with Crippen LogP contribution in [0.1, 0.15) is 50.5 Å². The normalized spacial score (nSPS) is 27.9. The fraction of sp³-hybridized carbons (Fsp3) is 0.625. The summed E-state index contributed by atoms with van der Waals surface area (Å²) in [5, 5.41) is 39.7. The van der Waals surface area contributed by atoms with Crippen molar-refractivity contribution < 1.29 is 34.4 Å². The van der Waals surface area contributed by atoms with Crippen molar-refractivity contribution in [3.05, 3.63) is 29.8 Å². The van der Waals surface area contributed by atoms with Crippen molar-refractivity contribution in [3.8, 4) is 5.75 Å². The minimum absolute atomic E-state index is 0.0193. The summed E-state index contributed by atoms with van der Waals surface area (Å²) in [4.78, 5) is 37.5. The number of rotatable bonds is 8. The number of primary amides is 1. The third-order valence-electron chi connectivity index (χ3n) is 6.84. The number of nitrogens with two attached hydrogens (primary N) is 1. The van der Waals surface area contributed by atoms with Gasteiger partial charge in [-0.1, -0.05) is 31.4 Å². The van der Waals surface area contributed by atoms with Gasteiger partial charge < -0.3 is 41.7 Å². The Morgan fingerprint density at radius 1 is 1.09 bits per heavy atom. The van der Waals surface area contributed by atoms with Gasteiger partial charge in [-0.3, -0.25) is 9.59 Å². The van der Waals surface area contributed by atoms with E-state index in [0.717, 1.165) is 32.1 Å². The first-order chi connectivity index (χ1) is 16.6. The van der Waals surface area contributed by atoms with Gasteiger partial charge in [0.15, 0.2) is 0 Å². The van der Waals surface area contributed by atoms with Crippen molar-refractivity contribution in [2.24, 2.45) is 5.73 Å². The highest BCUT2D eigenvalue weighted by atomic mass is 16.5. The Morgan fingerprint density at radius 2 is 1.74 bits per heavy atom. The number of benzene rings is 1. The Kier molecular flexibility index (Phi) is 8.92. The van der Waals surface area contributed by atoms with Crippen LogP contribution in [-0.2, 0) is 16.0 Å². The Balaban J connectivity index is 1.64. The maximum atomic E-state index is 13.0. The van der Waals surface area contributed by atoms with E-state index in [1.807, 2.05) is 0 Å². The van der Waals surface area contributed by atoms with Gasteiger partial charge in [-0.25, -0.2) is 4.79 Å². The summed E-state index contributed by atoms with van der Waals surface area (Å²) in [6.45, 7) is 0. The molecule has 5 unspecified atom stereocenters. The fourth-order valence-corrected chi connectivity index (χ4v) is 4.78. The van der Waals surface area contributed by atoms with Crippen molar-refractivity contribution in [2.45, 2.75) is 87.3 Å². The van der Waals surface area contributed by atoms with Gasteiger partial charge in [-0.05, 0) is 30.5 Å². The first-order valence-corrected chi connectivity index (χ1v) is 12.0. The number of aliphatic hydroxyl groups is 3. The summed E-state index contributed by atoms with van der Waals surface area (Å²) in [6.07, 6.45) is 1.33. The molecule has 0 aromatic heterocycles. The number of hydrogen-bond acceptors (Lipinski definition) is 7. The molecule has 0 spiro atoms. The van der Waals surface area contributed by atoms with E-state index in [1.54, 1.807) is 24.3 Å². The molecule has 0 radical (unpaired) electrons. The molecule has 35 heavy (non-hydrogen) atoms. The van der Waals surface area contributed by atoms with Crippen LogP contribution in [0.15, 0.2) is 24.3 Å². The van der Waals surface area contributed by atoms with Crippen molar-refractivity contribution >= 4 is 17.8 Å². The zero-order valence-electron chi connectivity index (χ0n) is 19.9. The number of methoxy groups -OCH3 is 1. The SMILES string of the molecule is COc1ccc(CC(NC(=O)C2(O)CC(O)C(O)C(NC(=O)NC3CCCCC3)C2)C(N)=O)cc1. The largest absolute Gasteiger partial charge is 0.497 e. The Hall–Kier alpha value is -2.89. The highest BCUT2D eigenvalue weighted by Gasteiger charge is 2.49. The molecule has 11 heteroatoms. The zero-order chi connectivity index (χ0) is 25.6. The summed E-state index contributed by atoms with van der Waals surface area (Å²) in [5.41, 5.74) is 4.06. The third-order valence-corrected chi connectivity index (χ3v) is 6.84. The topological polar surface area (TPSA) is 183 Å². The molecule has 0 heterocycles. The van der Waals surface area contributed by atoms with Crippen molar-refractivity contribution in [3.63, 3.8) is 0 Å². The smallest absolute Gasteiger partial charge is 0.315 e. The number of hydrogen-bond donors (Lipinski definition) is 7. The number of nitrogens with one attached hydrogen (secondary N) is 3. The molecule has 1 aromatic rings. The number of carbonyl (C=O) groups excluding carboxylic acids is 3. The van der Waals surface area contributed by atoms with Crippen LogP contribution in [0.3, 0.4) is 0 Å². The van der Waals surface area contributed by atoms with E-state index < -0.39 is 54.2 Å². The van der Waals surface area contributed by atoms with Crippen LogP contribution in [0, 0.1) is 0 Å². The second-order valence-corrected chi connectivity index (χ2v) is 9.54. The zero-order valence-corrected chi connectivity index (χ0v) is 19.9. The lowest BCUT2D eigenvalue weighted by Gasteiger charge is -2.42. The molecule has 194 valence electrons. The molecule has 0 bridgehead atoms. The lowest BCUT2D eigenvalue weighted by molar-refractivity contribution is -0.158. The molecular formula is C24H36N4O7. The van der Waals surface area contributed by atoms with E-state index in [1.165, 1.54) is 7.11 Å². The first-order valence-electron chi connectivity index (χ1n) is 12.0.